The van der Waals surface area contributed by atoms with E-state index in [0.29, 0.717) is 12.2 Å². The van der Waals surface area contributed by atoms with E-state index in [1.165, 1.54) is 12.8 Å². The van der Waals surface area contributed by atoms with Gasteiger partial charge >= 0.3 is 0 Å². The molecule has 0 saturated heterocycles. The smallest absolute Gasteiger partial charge is 0.143 e. The maximum atomic E-state index is 12.4. The number of rotatable bonds is 6. The van der Waals surface area contributed by atoms with Gasteiger partial charge in [-0.25, -0.2) is 9.67 Å². The van der Waals surface area contributed by atoms with Crippen LogP contribution < -0.4 is 0 Å². The summed E-state index contributed by atoms with van der Waals surface area (Å²) in [6.45, 7) is 7.54. The Morgan fingerprint density at radius 3 is 2.65 bits per heavy atom. The molecule has 1 aromatic rings. The van der Waals surface area contributed by atoms with E-state index in [4.69, 9.17) is 0 Å². The second kappa shape index (κ2) is 7.00. The number of ketones is 1. The molecule has 20 heavy (non-hydrogen) atoms. The molecule has 0 N–H and O–H groups in total. The average molecular weight is 277 g/mol. The summed E-state index contributed by atoms with van der Waals surface area (Å²) in [4.78, 5) is 16.7. The first-order chi connectivity index (χ1) is 9.61. The van der Waals surface area contributed by atoms with Gasteiger partial charge in [-0.1, -0.05) is 20.8 Å². The monoisotopic (exact) mass is 277 g/mol. The molecule has 0 aromatic carbocycles. The van der Waals surface area contributed by atoms with Crippen molar-refractivity contribution in [2.75, 3.05) is 0 Å². The number of carbonyl (C=O) groups excluding carboxylic acids is 1. The minimum atomic E-state index is 0.247. The first kappa shape index (κ1) is 15.2. The van der Waals surface area contributed by atoms with E-state index in [0.717, 1.165) is 43.5 Å². The fraction of sp³-hybridized carbons (Fsp3) is 0.812. The van der Waals surface area contributed by atoms with Gasteiger partial charge in [-0.05, 0) is 43.9 Å². The van der Waals surface area contributed by atoms with Crippen LogP contribution in [0.2, 0.25) is 0 Å². The number of Topliss-reactive ketones (excluding diaryl/α,β-unsaturated/α-hetero) is 1. The zero-order valence-corrected chi connectivity index (χ0v) is 13.0. The first-order valence-corrected chi connectivity index (χ1v) is 8.01. The SMILES string of the molecule is CCCn1ncnc1CC(=O)C1CCC(C(C)C)CC1. The molecule has 0 amide bonds. The van der Waals surface area contributed by atoms with E-state index >= 15 is 0 Å². The molecular weight excluding hydrogens is 250 g/mol. The van der Waals surface area contributed by atoms with Crippen LogP contribution in [-0.4, -0.2) is 20.5 Å². The summed E-state index contributed by atoms with van der Waals surface area (Å²) in [5.41, 5.74) is 0. The number of hydrogen-bond acceptors (Lipinski definition) is 3. The predicted molar refractivity (Wildman–Crippen MR) is 79.3 cm³/mol. The fourth-order valence-electron chi connectivity index (χ4n) is 3.23. The molecule has 1 heterocycles. The third-order valence-electron chi connectivity index (χ3n) is 4.63. The van der Waals surface area contributed by atoms with Crippen LogP contribution in [0, 0.1) is 17.8 Å². The lowest BCUT2D eigenvalue weighted by Gasteiger charge is -2.30. The molecule has 1 aliphatic carbocycles. The molecule has 1 aliphatic rings. The van der Waals surface area contributed by atoms with Crippen LogP contribution in [0.25, 0.3) is 0 Å². The molecule has 0 radical (unpaired) electrons. The van der Waals surface area contributed by atoms with Crippen molar-refractivity contribution in [3.63, 3.8) is 0 Å². The van der Waals surface area contributed by atoms with Crippen LogP contribution in [0.15, 0.2) is 6.33 Å². The van der Waals surface area contributed by atoms with Crippen LogP contribution >= 0.6 is 0 Å². The van der Waals surface area contributed by atoms with Gasteiger partial charge in [-0.15, -0.1) is 0 Å². The summed E-state index contributed by atoms with van der Waals surface area (Å²) in [5.74, 6) is 3.00. The quantitative estimate of drug-likeness (QED) is 0.802. The Hall–Kier alpha value is -1.19. The highest BCUT2D eigenvalue weighted by Crippen LogP contribution is 2.33. The molecule has 2 rings (SSSR count). The van der Waals surface area contributed by atoms with Crippen LogP contribution in [0.1, 0.15) is 58.7 Å². The van der Waals surface area contributed by atoms with Crippen LogP contribution in [0.3, 0.4) is 0 Å². The maximum absolute atomic E-state index is 12.4. The number of carbonyl (C=O) groups is 1. The maximum Gasteiger partial charge on any atom is 0.143 e. The average Bonchev–Trinajstić information content (AvgIpc) is 2.86. The Bertz CT molecular complexity index is 431. The van der Waals surface area contributed by atoms with Crippen molar-refractivity contribution in [2.24, 2.45) is 17.8 Å². The normalized spacial score (nSPS) is 23.2. The second-order valence-electron chi connectivity index (χ2n) is 6.40. The third-order valence-corrected chi connectivity index (χ3v) is 4.63. The van der Waals surface area contributed by atoms with Crippen molar-refractivity contribution >= 4 is 5.78 Å². The molecule has 0 atom stereocenters. The Kier molecular flexibility index (Phi) is 5.32. The molecule has 0 bridgehead atoms. The highest BCUT2D eigenvalue weighted by Gasteiger charge is 2.28. The third kappa shape index (κ3) is 3.68. The molecule has 112 valence electrons. The van der Waals surface area contributed by atoms with Crippen molar-refractivity contribution in [1.29, 1.82) is 0 Å². The van der Waals surface area contributed by atoms with Gasteiger partial charge in [-0.2, -0.15) is 5.10 Å². The van der Waals surface area contributed by atoms with Crippen molar-refractivity contribution in [1.82, 2.24) is 14.8 Å². The van der Waals surface area contributed by atoms with E-state index < -0.39 is 0 Å². The highest BCUT2D eigenvalue weighted by molar-refractivity contribution is 5.82. The molecule has 4 heteroatoms. The lowest BCUT2D eigenvalue weighted by molar-refractivity contribution is -0.123. The van der Waals surface area contributed by atoms with Crippen molar-refractivity contribution in [3.8, 4) is 0 Å². The molecule has 0 spiro atoms. The van der Waals surface area contributed by atoms with Crippen molar-refractivity contribution < 1.29 is 4.79 Å². The van der Waals surface area contributed by atoms with Gasteiger partial charge in [0.2, 0.25) is 0 Å². The standard InChI is InChI=1S/C16H27N3O/c1-4-9-19-16(17-11-18-19)10-15(20)14-7-5-13(6-8-14)12(2)3/h11-14H,4-10H2,1-3H3. The van der Waals surface area contributed by atoms with Gasteiger partial charge in [0.15, 0.2) is 0 Å². The van der Waals surface area contributed by atoms with Gasteiger partial charge in [0, 0.05) is 12.5 Å². The van der Waals surface area contributed by atoms with Crippen molar-refractivity contribution in [3.05, 3.63) is 12.2 Å². The van der Waals surface area contributed by atoms with E-state index in [1.54, 1.807) is 6.33 Å². The van der Waals surface area contributed by atoms with Crippen LogP contribution in [0.4, 0.5) is 0 Å². The summed E-state index contributed by atoms with van der Waals surface area (Å²) < 4.78 is 1.87. The summed E-state index contributed by atoms with van der Waals surface area (Å²) in [5, 5.41) is 4.19. The predicted octanol–water partition coefficient (Wildman–Crippen LogP) is 3.26. The molecule has 1 saturated carbocycles. The van der Waals surface area contributed by atoms with Gasteiger partial charge in [0.05, 0.1) is 6.42 Å². The van der Waals surface area contributed by atoms with Gasteiger partial charge < -0.3 is 0 Å². The lowest BCUT2D eigenvalue weighted by atomic mass is 9.75. The minimum Gasteiger partial charge on any atom is -0.299 e. The van der Waals surface area contributed by atoms with Gasteiger partial charge in [0.25, 0.3) is 0 Å². The Morgan fingerprint density at radius 1 is 1.35 bits per heavy atom. The molecule has 4 nitrogen and oxygen atoms in total. The summed E-state index contributed by atoms with van der Waals surface area (Å²) >= 11 is 0. The largest absolute Gasteiger partial charge is 0.299 e. The fourth-order valence-corrected chi connectivity index (χ4v) is 3.23. The topological polar surface area (TPSA) is 47.8 Å². The van der Waals surface area contributed by atoms with Crippen molar-refractivity contribution in [2.45, 2.75) is 65.8 Å². The summed E-state index contributed by atoms with van der Waals surface area (Å²) in [6.07, 6.45) is 7.56. The Balaban J connectivity index is 1.88. The van der Waals surface area contributed by atoms with Gasteiger partial charge in [-0.3, -0.25) is 4.79 Å². The summed E-state index contributed by atoms with van der Waals surface area (Å²) in [7, 11) is 0. The number of nitrogens with zero attached hydrogens (tertiary/aromatic N) is 3. The lowest BCUT2D eigenvalue weighted by Crippen LogP contribution is -2.26. The van der Waals surface area contributed by atoms with Crippen LogP contribution in [0.5, 0.6) is 0 Å². The van der Waals surface area contributed by atoms with Crippen LogP contribution in [-0.2, 0) is 17.8 Å². The number of hydrogen-bond donors (Lipinski definition) is 0. The molecule has 0 unspecified atom stereocenters. The second-order valence-corrected chi connectivity index (χ2v) is 6.40. The minimum absolute atomic E-state index is 0.247. The number of aromatic nitrogens is 3. The first-order valence-electron chi connectivity index (χ1n) is 8.01. The highest BCUT2D eigenvalue weighted by atomic mass is 16.1. The Labute approximate surface area is 122 Å². The van der Waals surface area contributed by atoms with E-state index in [2.05, 4.69) is 30.9 Å². The zero-order chi connectivity index (χ0) is 14.5. The zero-order valence-electron chi connectivity index (χ0n) is 13.0. The van der Waals surface area contributed by atoms with Gasteiger partial charge in [0.1, 0.15) is 17.9 Å². The number of aryl methyl sites for hydroxylation is 1. The van der Waals surface area contributed by atoms with E-state index in [1.807, 2.05) is 4.68 Å². The molecule has 1 aromatic heterocycles. The molecule has 0 aliphatic heterocycles. The summed E-state index contributed by atoms with van der Waals surface area (Å²) in [6, 6.07) is 0. The molecular formula is C16H27N3O. The molecule has 1 fully saturated rings. The Morgan fingerprint density at radius 2 is 2.05 bits per heavy atom. The van der Waals surface area contributed by atoms with E-state index in [-0.39, 0.29) is 5.92 Å². The van der Waals surface area contributed by atoms with E-state index in [9.17, 15) is 4.79 Å².